The maximum Gasteiger partial charge on any atom is 0.316 e. The van der Waals surface area contributed by atoms with Gasteiger partial charge in [0.15, 0.2) is 0 Å². The van der Waals surface area contributed by atoms with Crippen LogP contribution in [0.1, 0.15) is 56.6 Å². The number of ether oxygens (including phenoxy) is 1. The summed E-state index contributed by atoms with van der Waals surface area (Å²) in [6.07, 6.45) is 8.63. The number of nitrogens with one attached hydrogen (secondary N) is 1. The van der Waals surface area contributed by atoms with E-state index in [1.54, 1.807) is 18.3 Å². The first-order valence-corrected chi connectivity index (χ1v) is 14.0. The SMILES string of the molecule is N#Cc1c(-c2ccc(S(=O)(=O)NC3CCC3)cc2)n(C2CCC2)c2cc(OC3=NCCC=N3)ccc12. The van der Waals surface area contributed by atoms with Crippen LogP contribution < -0.4 is 9.46 Å². The Balaban J connectivity index is 1.42. The Labute approximate surface area is 210 Å². The molecule has 2 aromatic carbocycles. The molecule has 3 aliphatic rings. The number of fused-ring (bicyclic) bond motifs is 1. The zero-order chi connectivity index (χ0) is 24.7. The van der Waals surface area contributed by atoms with Gasteiger partial charge in [0.1, 0.15) is 11.8 Å². The minimum absolute atomic E-state index is 0.0303. The Morgan fingerprint density at radius 3 is 2.44 bits per heavy atom. The van der Waals surface area contributed by atoms with Gasteiger partial charge in [-0.3, -0.25) is 0 Å². The smallest absolute Gasteiger partial charge is 0.316 e. The molecule has 2 fully saturated rings. The summed E-state index contributed by atoms with van der Waals surface area (Å²) in [6, 6.07) is 15.6. The van der Waals surface area contributed by atoms with Crippen molar-refractivity contribution in [1.29, 1.82) is 5.26 Å². The monoisotopic (exact) mass is 501 g/mol. The highest BCUT2D eigenvalue weighted by molar-refractivity contribution is 7.89. The highest BCUT2D eigenvalue weighted by Gasteiger charge is 2.29. The van der Waals surface area contributed by atoms with Gasteiger partial charge in [-0.25, -0.2) is 23.1 Å². The second-order valence-electron chi connectivity index (χ2n) is 9.61. The molecule has 0 radical (unpaired) electrons. The van der Waals surface area contributed by atoms with Gasteiger partial charge < -0.3 is 9.30 Å². The summed E-state index contributed by atoms with van der Waals surface area (Å²) in [5, 5.41) is 11.0. The van der Waals surface area contributed by atoms with Crippen molar-refractivity contribution in [3.05, 3.63) is 48.0 Å². The van der Waals surface area contributed by atoms with Crippen molar-refractivity contribution in [3.63, 3.8) is 0 Å². The Hall–Kier alpha value is -3.48. The third-order valence-corrected chi connectivity index (χ3v) is 8.84. The number of sulfonamides is 1. The summed E-state index contributed by atoms with van der Waals surface area (Å²) < 4.78 is 36.5. The number of aliphatic imine (C=N–C) groups is 2. The molecule has 0 amide bonds. The molecule has 8 nitrogen and oxygen atoms in total. The minimum Gasteiger partial charge on any atom is -0.424 e. The molecule has 36 heavy (non-hydrogen) atoms. The van der Waals surface area contributed by atoms with E-state index >= 15 is 0 Å². The molecule has 2 aliphatic carbocycles. The number of rotatable bonds is 6. The highest BCUT2D eigenvalue weighted by Crippen LogP contribution is 2.43. The van der Waals surface area contributed by atoms with Crippen LogP contribution in [0.25, 0.3) is 22.2 Å². The lowest BCUT2D eigenvalue weighted by Gasteiger charge is -2.30. The molecular weight excluding hydrogens is 474 g/mol. The van der Waals surface area contributed by atoms with Gasteiger partial charge in [-0.05, 0) is 61.9 Å². The number of nitrogens with zero attached hydrogens (tertiary/aromatic N) is 4. The molecule has 1 N–H and O–H groups in total. The van der Waals surface area contributed by atoms with Crippen LogP contribution in [0.5, 0.6) is 5.75 Å². The fraction of sp³-hybridized carbons (Fsp3) is 0.370. The normalized spacial score (nSPS) is 18.4. The molecule has 0 saturated heterocycles. The summed E-state index contributed by atoms with van der Waals surface area (Å²) in [5.74, 6) is 0.623. The van der Waals surface area contributed by atoms with Gasteiger partial charge in [-0.1, -0.05) is 18.6 Å². The standard InChI is InChI=1S/C27H27N5O3S/c28-17-24-23-13-10-21(35-27-29-14-3-15-30-27)16-25(23)32(20-6-2-7-20)26(24)18-8-11-22(12-9-18)36(33,34)31-19-4-1-5-19/h8-14,16,19-20,31H,1-7,15H2. The molecule has 2 saturated carbocycles. The number of hydrogen-bond donors (Lipinski definition) is 1. The zero-order valence-corrected chi connectivity index (χ0v) is 20.7. The first kappa shape index (κ1) is 23.0. The van der Waals surface area contributed by atoms with E-state index in [2.05, 4.69) is 25.3 Å². The van der Waals surface area contributed by atoms with Crippen LogP contribution in [0.2, 0.25) is 0 Å². The molecule has 2 heterocycles. The molecule has 1 aliphatic heterocycles. The topological polar surface area (TPSA) is 109 Å². The lowest BCUT2D eigenvalue weighted by atomic mass is 9.92. The van der Waals surface area contributed by atoms with E-state index < -0.39 is 10.0 Å². The van der Waals surface area contributed by atoms with E-state index in [4.69, 9.17) is 4.74 Å². The fourth-order valence-electron chi connectivity index (χ4n) is 4.95. The minimum atomic E-state index is -3.56. The van der Waals surface area contributed by atoms with Crippen LogP contribution in [-0.4, -0.2) is 37.8 Å². The lowest BCUT2D eigenvalue weighted by Crippen LogP contribution is -2.39. The first-order valence-electron chi connectivity index (χ1n) is 12.5. The second kappa shape index (κ2) is 9.19. The van der Waals surface area contributed by atoms with Crippen molar-refractivity contribution in [2.24, 2.45) is 9.98 Å². The number of nitriles is 1. The maximum absolute atomic E-state index is 12.8. The van der Waals surface area contributed by atoms with Crippen molar-refractivity contribution in [2.75, 3.05) is 6.54 Å². The molecule has 0 bridgehead atoms. The summed E-state index contributed by atoms with van der Waals surface area (Å²) in [5.41, 5.74) is 3.14. The average Bonchev–Trinajstić information content (AvgIpc) is 3.14. The predicted molar refractivity (Wildman–Crippen MR) is 139 cm³/mol. The van der Waals surface area contributed by atoms with E-state index in [0.717, 1.165) is 67.1 Å². The van der Waals surface area contributed by atoms with E-state index in [-0.39, 0.29) is 17.0 Å². The summed E-state index contributed by atoms with van der Waals surface area (Å²) in [7, 11) is -3.56. The van der Waals surface area contributed by atoms with Crippen LogP contribution >= 0.6 is 0 Å². The molecule has 0 atom stereocenters. The van der Waals surface area contributed by atoms with Crippen molar-refractivity contribution in [2.45, 2.75) is 61.9 Å². The fourth-order valence-corrected chi connectivity index (χ4v) is 6.25. The third kappa shape index (κ3) is 4.10. The molecule has 9 heteroatoms. The quantitative estimate of drug-likeness (QED) is 0.516. The van der Waals surface area contributed by atoms with Crippen LogP contribution in [0.3, 0.4) is 0 Å². The van der Waals surface area contributed by atoms with Crippen molar-refractivity contribution in [3.8, 4) is 23.1 Å². The maximum atomic E-state index is 12.8. The molecule has 184 valence electrons. The Bertz CT molecular complexity index is 1520. The lowest BCUT2D eigenvalue weighted by molar-refractivity contribution is 0.324. The summed E-state index contributed by atoms with van der Waals surface area (Å²) in [6.45, 7) is 0.657. The van der Waals surface area contributed by atoms with Crippen LogP contribution in [0, 0.1) is 11.3 Å². The van der Waals surface area contributed by atoms with Gasteiger partial charge in [-0.2, -0.15) is 5.26 Å². The van der Waals surface area contributed by atoms with Crippen molar-refractivity contribution >= 4 is 33.2 Å². The molecule has 6 rings (SSSR count). The number of benzene rings is 2. The van der Waals surface area contributed by atoms with Gasteiger partial charge in [0.05, 0.1) is 21.7 Å². The van der Waals surface area contributed by atoms with E-state index in [9.17, 15) is 13.7 Å². The first-order chi connectivity index (χ1) is 17.5. The number of hydrogen-bond acceptors (Lipinski definition) is 6. The second-order valence-corrected chi connectivity index (χ2v) is 11.3. The van der Waals surface area contributed by atoms with E-state index in [1.807, 2.05) is 30.3 Å². The predicted octanol–water partition coefficient (Wildman–Crippen LogP) is 4.95. The highest BCUT2D eigenvalue weighted by atomic mass is 32.2. The van der Waals surface area contributed by atoms with E-state index in [1.165, 1.54) is 0 Å². The largest absolute Gasteiger partial charge is 0.424 e. The molecular formula is C27H27N5O3S. The van der Waals surface area contributed by atoms with Crippen molar-refractivity contribution < 1.29 is 13.2 Å². The Kier molecular flexibility index (Phi) is 5.86. The Morgan fingerprint density at radius 2 is 1.83 bits per heavy atom. The van der Waals surface area contributed by atoms with Gasteiger partial charge in [-0.15, -0.1) is 0 Å². The Morgan fingerprint density at radius 1 is 1.06 bits per heavy atom. The van der Waals surface area contributed by atoms with Gasteiger partial charge in [0, 0.05) is 42.7 Å². The van der Waals surface area contributed by atoms with Crippen molar-refractivity contribution in [1.82, 2.24) is 9.29 Å². The zero-order valence-electron chi connectivity index (χ0n) is 19.9. The summed E-state index contributed by atoms with van der Waals surface area (Å²) in [4.78, 5) is 8.78. The van der Waals surface area contributed by atoms with Crippen LogP contribution in [0.4, 0.5) is 0 Å². The summed E-state index contributed by atoms with van der Waals surface area (Å²) >= 11 is 0. The number of aromatic nitrogens is 1. The molecule has 0 unspecified atom stereocenters. The van der Waals surface area contributed by atoms with Crippen LogP contribution in [0.15, 0.2) is 57.3 Å². The van der Waals surface area contributed by atoms with Gasteiger partial charge in [0.25, 0.3) is 0 Å². The average molecular weight is 502 g/mol. The third-order valence-electron chi connectivity index (χ3n) is 7.31. The molecule has 1 aromatic heterocycles. The van der Waals surface area contributed by atoms with Gasteiger partial charge >= 0.3 is 6.02 Å². The molecule has 3 aromatic rings. The number of amidine groups is 1. The van der Waals surface area contributed by atoms with Gasteiger partial charge in [0.2, 0.25) is 10.0 Å². The molecule has 0 spiro atoms. The van der Waals surface area contributed by atoms with Crippen LogP contribution in [-0.2, 0) is 10.0 Å². The van der Waals surface area contributed by atoms with E-state index in [0.29, 0.717) is 23.9 Å².